The fraction of sp³-hybridized carbons (Fsp3) is 0.111. The van der Waals surface area contributed by atoms with Gasteiger partial charge in [-0.25, -0.2) is 9.97 Å². The molecule has 1 heterocycles. The maximum Gasteiger partial charge on any atom is 0.353 e. The molecule has 0 saturated carbocycles. The topological polar surface area (TPSA) is 93.0 Å². The molecule has 7 heteroatoms. The number of benzene rings is 2. The fourth-order valence-corrected chi connectivity index (χ4v) is 2.58. The Morgan fingerprint density at radius 2 is 1.44 bits per heavy atom. The van der Waals surface area contributed by atoms with E-state index < -0.39 is 4.92 Å². The second kappa shape index (κ2) is 6.96. The summed E-state index contributed by atoms with van der Waals surface area (Å²) in [5, 5.41) is 17.6. The van der Waals surface area contributed by atoms with Crippen molar-refractivity contribution in [3.05, 3.63) is 76.1 Å². The highest BCUT2D eigenvalue weighted by Crippen LogP contribution is 2.33. The first-order chi connectivity index (χ1) is 12.0. The lowest BCUT2D eigenvalue weighted by Gasteiger charge is -2.11. The summed E-state index contributed by atoms with van der Waals surface area (Å²) in [5.41, 5.74) is 3.36. The summed E-state index contributed by atoms with van der Waals surface area (Å²) in [6.07, 6.45) is 1.29. The summed E-state index contributed by atoms with van der Waals surface area (Å²) in [5.74, 6) is 0.279. The first-order valence-corrected chi connectivity index (χ1v) is 7.70. The van der Waals surface area contributed by atoms with Crippen LogP contribution < -0.4 is 10.6 Å². The van der Waals surface area contributed by atoms with Gasteiger partial charge in [-0.1, -0.05) is 24.3 Å². The minimum Gasteiger partial charge on any atom is -0.334 e. The quantitative estimate of drug-likeness (QED) is 0.527. The lowest BCUT2D eigenvalue weighted by molar-refractivity contribution is -0.383. The number of nitro groups is 1. The van der Waals surface area contributed by atoms with E-state index in [0.717, 1.165) is 16.8 Å². The van der Waals surface area contributed by atoms with E-state index in [4.69, 9.17) is 0 Å². The van der Waals surface area contributed by atoms with E-state index in [2.05, 4.69) is 20.6 Å². The van der Waals surface area contributed by atoms with Crippen LogP contribution in [0.25, 0.3) is 0 Å². The highest BCUT2D eigenvalue weighted by atomic mass is 16.6. The molecular weight excluding hydrogens is 318 g/mol. The molecule has 0 atom stereocenters. The van der Waals surface area contributed by atoms with Crippen LogP contribution >= 0.6 is 0 Å². The Kier molecular flexibility index (Phi) is 4.56. The summed E-state index contributed by atoms with van der Waals surface area (Å²) in [7, 11) is 0. The summed E-state index contributed by atoms with van der Waals surface area (Å²) in [6.45, 7) is 3.93. The zero-order chi connectivity index (χ0) is 17.8. The van der Waals surface area contributed by atoms with Gasteiger partial charge >= 0.3 is 5.69 Å². The second-order valence-electron chi connectivity index (χ2n) is 5.67. The molecule has 7 nitrogen and oxygen atoms in total. The molecule has 0 aliphatic carbocycles. The number of hydrogen-bond donors (Lipinski definition) is 2. The zero-order valence-electron chi connectivity index (χ0n) is 13.9. The largest absolute Gasteiger partial charge is 0.353 e. The maximum absolute atomic E-state index is 11.6. The highest BCUT2D eigenvalue weighted by Gasteiger charge is 2.23. The lowest BCUT2D eigenvalue weighted by Crippen LogP contribution is -2.05. The van der Waals surface area contributed by atoms with Crippen molar-refractivity contribution < 1.29 is 4.92 Å². The normalized spacial score (nSPS) is 10.3. The van der Waals surface area contributed by atoms with Gasteiger partial charge in [-0.3, -0.25) is 10.1 Å². The average Bonchev–Trinajstić information content (AvgIpc) is 2.54. The third kappa shape index (κ3) is 3.89. The van der Waals surface area contributed by atoms with Crippen LogP contribution in [0.1, 0.15) is 11.1 Å². The first kappa shape index (κ1) is 16.4. The Morgan fingerprint density at radius 3 is 2.00 bits per heavy atom. The van der Waals surface area contributed by atoms with Crippen molar-refractivity contribution in [3.63, 3.8) is 0 Å². The number of hydrogen-bond acceptors (Lipinski definition) is 6. The van der Waals surface area contributed by atoms with Gasteiger partial charge in [0.15, 0.2) is 0 Å². The average molecular weight is 335 g/mol. The minimum atomic E-state index is -0.490. The van der Waals surface area contributed by atoms with Gasteiger partial charge in [-0.05, 0) is 49.2 Å². The van der Waals surface area contributed by atoms with Gasteiger partial charge in [0, 0.05) is 11.4 Å². The molecule has 3 rings (SSSR count). The molecule has 1 aromatic heterocycles. The molecule has 0 radical (unpaired) electrons. The Hall–Kier alpha value is -3.48. The third-order valence-electron chi connectivity index (χ3n) is 3.53. The van der Waals surface area contributed by atoms with Crippen molar-refractivity contribution in [2.24, 2.45) is 0 Å². The van der Waals surface area contributed by atoms with Crippen LogP contribution in [0.5, 0.6) is 0 Å². The third-order valence-corrected chi connectivity index (χ3v) is 3.53. The maximum atomic E-state index is 11.6. The molecule has 0 amide bonds. The molecule has 0 spiro atoms. The van der Waals surface area contributed by atoms with Crippen LogP contribution in [0.15, 0.2) is 54.9 Å². The van der Waals surface area contributed by atoms with Crippen molar-refractivity contribution >= 4 is 28.7 Å². The smallest absolute Gasteiger partial charge is 0.334 e. The van der Waals surface area contributed by atoms with Gasteiger partial charge < -0.3 is 10.6 Å². The van der Waals surface area contributed by atoms with Crippen molar-refractivity contribution in [1.82, 2.24) is 9.97 Å². The number of aromatic nitrogens is 2. The number of aryl methyl sites for hydroxylation is 2. The molecule has 0 fully saturated rings. The number of rotatable bonds is 5. The molecule has 0 aliphatic rings. The lowest BCUT2D eigenvalue weighted by atomic mass is 10.1. The van der Waals surface area contributed by atoms with E-state index in [1.807, 2.05) is 62.4 Å². The molecular formula is C18H17N5O2. The van der Waals surface area contributed by atoms with Crippen LogP contribution in [-0.4, -0.2) is 14.9 Å². The molecule has 126 valence electrons. The van der Waals surface area contributed by atoms with E-state index in [1.54, 1.807) is 0 Å². The summed E-state index contributed by atoms with van der Waals surface area (Å²) in [4.78, 5) is 19.2. The number of nitrogens with zero attached hydrogens (tertiary/aromatic N) is 3. The van der Waals surface area contributed by atoms with Crippen molar-refractivity contribution in [3.8, 4) is 0 Å². The van der Waals surface area contributed by atoms with Crippen LogP contribution in [0.3, 0.4) is 0 Å². The Morgan fingerprint density at radius 1 is 0.880 bits per heavy atom. The van der Waals surface area contributed by atoms with Crippen LogP contribution in [0.2, 0.25) is 0 Å². The molecule has 2 aromatic carbocycles. The molecule has 0 saturated heterocycles. The molecule has 0 unspecified atom stereocenters. The van der Waals surface area contributed by atoms with Crippen LogP contribution in [-0.2, 0) is 0 Å². The van der Waals surface area contributed by atoms with Gasteiger partial charge in [-0.2, -0.15) is 0 Å². The van der Waals surface area contributed by atoms with E-state index in [0.29, 0.717) is 5.69 Å². The van der Waals surface area contributed by atoms with Gasteiger partial charge in [0.25, 0.3) is 0 Å². The molecule has 3 aromatic rings. The highest BCUT2D eigenvalue weighted by molar-refractivity contribution is 5.76. The van der Waals surface area contributed by atoms with E-state index in [-0.39, 0.29) is 17.3 Å². The molecule has 25 heavy (non-hydrogen) atoms. The Labute approximate surface area is 144 Å². The van der Waals surface area contributed by atoms with Gasteiger partial charge in [0.05, 0.1) is 4.92 Å². The Bertz CT molecular complexity index is 892. The van der Waals surface area contributed by atoms with Crippen molar-refractivity contribution in [2.45, 2.75) is 13.8 Å². The fourth-order valence-electron chi connectivity index (χ4n) is 2.58. The molecule has 0 aliphatic heterocycles. The predicted molar refractivity (Wildman–Crippen MR) is 97.6 cm³/mol. The molecule has 0 bridgehead atoms. The Balaban J connectivity index is 1.99. The van der Waals surface area contributed by atoms with Gasteiger partial charge in [-0.15, -0.1) is 0 Å². The first-order valence-electron chi connectivity index (χ1n) is 7.70. The number of para-hydroxylation sites is 1. The zero-order valence-corrected chi connectivity index (χ0v) is 13.9. The number of nitrogens with one attached hydrogen (secondary N) is 2. The van der Waals surface area contributed by atoms with Gasteiger partial charge in [0.1, 0.15) is 6.33 Å². The van der Waals surface area contributed by atoms with Gasteiger partial charge in [0.2, 0.25) is 11.6 Å². The molecule has 2 N–H and O–H groups in total. The van der Waals surface area contributed by atoms with E-state index in [9.17, 15) is 10.1 Å². The van der Waals surface area contributed by atoms with E-state index >= 15 is 0 Å². The second-order valence-corrected chi connectivity index (χ2v) is 5.67. The monoisotopic (exact) mass is 335 g/mol. The summed E-state index contributed by atoms with van der Waals surface area (Å²) < 4.78 is 0. The summed E-state index contributed by atoms with van der Waals surface area (Å²) >= 11 is 0. The van der Waals surface area contributed by atoms with Crippen molar-refractivity contribution in [1.29, 1.82) is 0 Å². The standard InChI is InChI=1S/C18H17N5O2/c1-12-8-13(2)10-15(9-12)22-18-16(23(24)25)17(19-11-20-18)21-14-6-4-3-5-7-14/h3-11H,1-2H3,(H2,19,20,21,22). The minimum absolute atomic E-state index is 0.137. The van der Waals surface area contributed by atoms with E-state index in [1.165, 1.54) is 6.33 Å². The summed E-state index contributed by atoms with van der Waals surface area (Å²) in [6, 6.07) is 15.0. The SMILES string of the molecule is Cc1cc(C)cc(Nc2ncnc(Nc3ccccc3)c2[N+](=O)[O-])c1. The van der Waals surface area contributed by atoms with Crippen LogP contribution in [0.4, 0.5) is 28.7 Å². The number of anilines is 4. The predicted octanol–water partition coefficient (Wildman–Crippen LogP) is 4.49. The van der Waals surface area contributed by atoms with Crippen molar-refractivity contribution in [2.75, 3.05) is 10.6 Å². The van der Waals surface area contributed by atoms with Crippen LogP contribution in [0, 0.1) is 24.0 Å².